The summed E-state index contributed by atoms with van der Waals surface area (Å²) in [5, 5.41) is 2.04. The quantitative estimate of drug-likeness (QED) is 0.697. The van der Waals surface area contributed by atoms with Crippen LogP contribution in [0.25, 0.3) is 21.8 Å². The number of hydrogen-bond acceptors (Lipinski definition) is 4. The van der Waals surface area contributed by atoms with Crippen molar-refractivity contribution in [3.05, 3.63) is 41.5 Å². The van der Waals surface area contributed by atoms with Gasteiger partial charge in [0.05, 0.1) is 23.7 Å². The molecule has 22 heavy (non-hydrogen) atoms. The topological polar surface area (TPSA) is 49.7 Å². The molecule has 0 amide bonds. The molecule has 1 aromatic heterocycles. The second-order valence-corrected chi connectivity index (χ2v) is 5.27. The Hall–Kier alpha value is -2.53. The van der Waals surface area contributed by atoms with Crippen LogP contribution in [0.1, 0.15) is 15.9 Å². The number of fused-ring (bicyclic) bond motifs is 4. The zero-order chi connectivity index (χ0) is 15.3. The zero-order valence-electron chi connectivity index (χ0n) is 12.4. The van der Waals surface area contributed by atoms with Gasteiger partial charge in [0.1, 0.15) is 13.3 Å². The van der Waals surface area contributed by atoms with Crippen LogP contribution in [0.4, 0.5) is 0 Å². The van der Waals surface area contributed by atoms with Crippen molar-refractivity contribution in [1.29, 1.82) is 0 Å². The largest absolute Gasteiger partial charge is 0.494 e. The van der Waals surface area contributed by atoms with Crippen molar-refractivity contribution < 1.29 is 19.0 Å². The second-order valence-electron chi connectivity index (χ2n) is 5.27. The minimum Gasteiger partial charge on any atom is -0.494 e. The summed E-state index contributed by atoms with van der Waals surface area (Å²) in [5.74, 6) is 0.394. The molecule has 112 valence electrons. The number of benzene rings is 2. The Bertz CT molecular complexity index is 910. The van der Waals surface area contributed by atoms with E-state index in [1.807, 2.05) is 30.3 Å². The number of carbonyl (C=O) groups is 1. The Labute approximate surface area is 127 Å². The van der Waals surface area contributed by atoms with Gasteiger partial charge in [-0.1, -0.05) is 18.2 Å². The molecule has 1 aliphatic rings. The van der Waals surface area contributed by atoms with E-state index in [2.05, 4.69) is 4.57 Å². The lowest BCUT2D eigenvalue weighted by molar-refractivity contribution is 0.0534. The Morgan fingerprint density at radius 3 is 2.82 bits per heavy atom. The summed E-state index contributed by atoms with van der Waals surface area (Å²) in [6, 6.07) is 9.95. The number of aromatic nitrogens is 1. The molecule has 0 bridgehead atoms. The number of carbonyl (C=O) groups excluding carboxylic acids is 1. The molecular formula is C17H15NO4. The molecule has 2 aromatic carbocycles. The molecule has 1 aliphatic heterocycles. The highest BCUT2D eigenvalue weighted by Gasteiger charge is 2.29. The van der Waals surface area contributed by atoms with Gasteiger partial charge >= 0.3 is 5.97 Å². The van der Waals surface area contributed by atoms with Gasteiger partial charge in [0.25, 0.3) is 0 Å². The predicted molar refractivity (Wildman–Crippen MR) is 82.1 cm³/mol. The normalized spacial score (nSPS) is 13.6. The molecule has 0 radical (unpaired) electrons. The van der Waals surface area contributed by atoms with Gasteiger partial charge in [-0.25, -0.2) is 4.79 Å². The van der Waals surface area contributed by atoms with Crippen molar-refractivity contribution >= 4 is 27.8 Å². The third kappa shape index (κ3) is 1.60. The van der Waals surface area contributed by atoms with Crippen LogP contribution in [0.5, 0.6) is 5.75 Å². The average molecular weight is 297 g/mol. The molecule has 0 saturated carbocycles. The molecule has 3 aromatic rings. The average Bonchev–Trinajstić information content (AvgIpc) is 3.06. The third-order valence-corrected chi connectivity index (χ3v) is 4.14. The number of esters is 1. The van der Waals surface area contributed by atoms with Crippen LogP contribution in [0, 0.1) is 0 Å². The van der Waals surface area contributed by atoms with Crippen LogP contribution in [0.15, 0.2) is 30.3 Å². The Kier molecular flexibility index (Phi) is 2.84. The summed E-state index contributed by atoms with van der Waals surface area (Å²) in [6.45, 7) is 0.662. The number of para-hydroxylation sites is 1. The molecule has 0 aliphatic carbocycles. The van der Waals surface area contributed by atoms with Crippen molar-refractivity contribution in [2.45, 2.75) is 13.3 Å². The standard InChI is InChI=1S/C17H15NO4/c1-20-9-18-14-6-4-3-5-10(14)11-7-12-13(8-22-17(12)19)16(21-2)15(11)18/h3-7H,8-9H2,1-2H3. The Balaban J connectivity index is 2.22. The fourth-order valence-corrected chi connectivity index (χ4v) is 3.24. The number of nitrogens with zero attached hydrogens (tertiary/aromatic N) is 1. The first kappa shape index (κ1) is 13.2. The van der Waals surface area contributed by atoms with Gasteiger partial charge in [-0.2, -0.15) is 0 Å². The van der Waals surface area contributed by atoms with Gasteiger partial charge in [0, 0.05) is 23.4 Å². The molecule has 5 heteroatoms. The van der Waals surface area contributed by atoms with Gasteiger partial charge in [0.15, 0.2) is 5.75 Å². The van der Waals surface area contributed by atoms with Crippen molar-refractivity contribution in [3.8, 4) is 5.75 Å². The van der Waals surface area contributed by atoms with E-state index < -0.39 is 0 Å². The van der Waals surface area contributed by atoms with Crippen LogP contribution in [-0.2, 0) is 22.8 Å². The van der Waals surface area contributed by atoms with E-state index in [1.165, 1.54) is 0 Å². The third-order valence-electron chi connectivity index (χ3n) is 4.14. The Morgan fingerprint density at radius 2 is 2.05 bits per heavy atom. The summed E-state index contributed by atoms with van der Waals surface area (Å²) < 4.78 is 18.2. The highest BCUT2D eigenvalue weighted by Crippen LogP contribution is 2.41. The molecule has 0 atom stereocenters. The molecule has 4 rings (SSSR count). The van der Waals surface area contributed by atoms with E-state index in [-0.39, 0.29) is 12.6 Å². The van der Waals surface area contributed by atoms with Crippen molar-refractivity contribution in [2.24, 2.45) is 0 Å². The summed E-state index contributed by atoms with van der Waals surface area (Å²) in [6.07, 6.45) is 0. The smallest absolute Gasteiger partial charge is 0.339 e. The van der Waals surface area contributed by atoms with E-state index in [4.69, 9.17) is 14.2 Å². The van der Waals surface area contributed by atoms with Crippen LogP contribution in [0.3, 0.4) is 0 Å². The highest BCUT2D eigenvalue weighted by molar-refractivity contribution is 6.13. The van der Waals surface area contributed by atoms with Gasteiger partial charge in [-0.05, 0) is 12.1 Å². The lowest BCUT2D eigenvalue weighted by Crippen LogP contribution is -2.02. The number of cyclic esters (lactones) is 1. The minimum atomic E-state index is -0.293. The van der Waals surface area contributed by atoms with Crippen LogP contribution >= 0.6 is 0 Å². The van der Waals surface area contributed by atoms with Gasteiger partial charge in [-0.15, -0.1) is 0 Å². The minimum absolute atomic E-state index is 0.252. The highest BCUT2D eigenvalue weighted by atomic mass is 16.5. The molecule has 0 fully saturated rings. The monoisotopic (exact) mass is 297 g/mol. The molecule has 5 nitrogen and oxygen atoms in total. The molecule has 2 heterocycles. The SMILES string of the molecule is COCn1c2ccccc2c2cc3c(c(OC)c21)COC3=O. The van der Waals surface area contributed by atoms with E-state index in [1.54, 1.807) is 14.2 Å². The molecule has 0 N–H and O–H groups in total. The van der Waals surface area contributed by atoms with Gasteiger partial charge in [0.2, 0.25) is 0 Å². The summed E-state index contributed by atoms with van der Waals surface area (Å²) >= 11 is 0. The maximum Gasteiger partial charge on any atom is 0.339 e. The zero-order valence-corrected chi connectivity index (χ0v) is 12.4. The lowest BCUT2D eigenvalue weighted by atomic mass is 10.0. The first-order chi connectivity index (χ1) is 10.8. The van der Waals surface area contributed by atoms with E-state index in [0.29, 0.717) is 18.0 Å². The Morgan fingerprint density at radius 1 is 1.23 bits per heavy atom. The summed E-state index contributed by atoms with van der Waals surface area (Å²) in [4.78, 5) is 11.9. The van der Waals surface area contributed by atoms with Gasteiger partial charge < -0.3 is 18.8 Å². The lowest BCUT2D eigenvalue weighted by Gasteiger charge is -2.11. The first-order valence-electron chi connectivity index (χ1n) is 7.03. The van der Waals surface area contributed by atoms with Crippen molar-refractivity contribution in [2.75, 3.05) is 14.2 Å². The molecule has 0 spiro atoms. The molecule has 0 unspecified atom stereocenters. The number of methoxy groups -OCH3 is 2. The van der Waals surface area contributed by atoms with E-state index >= 15 is 0 Å². The summed E-state index contributed by atoms with van der Waals surface area (Å²) in [5.41, 5.74) is 3.38. The van der Waals surface area contributed by atoms with Crippen LogP contribution in [0.2, 0.25) is 0 Å². The van der Waals surface area contributed by atoms with Crippen LogP contribution in [-0.4, -0.2) is 24.8 Å². The van der Waals surface area contributed by atoms with E-state index in [9.17, 15) is 4.79 Å². The predicted octanol–water partition coefficient (Wildman–Crippen LogP) is 3.08. The van der Waals surface area contributed by atoms with Gasteiger partial charge in [-0.3, -0.25) is 0 Å². The van der Waals surface area contributed by atoms with E-state index in [0.717, 1.165) is 27.4 Å². The fraction of sp³-hybridized carbons (Fsp3) is 0.235. The first-order valence-corrected chi connectivity index (χ1v) is 7.03. The molecule has 0 saturated heterocycles. The fourth-order valence-electron chi connectivity index (χ4n) is 3.24. The van der Waals surface area contributed by atoms with Crippen molar-refractivity contribution in [3.63, 3.8) is 0 Å². The molecular weight excluding hydrogens is 282 g/mol. The number of hydrogen-bond donors (Lipinski definition) is 0. The van der Waals surface area contributed by atoms with Crippen molar-refractivity contribution in [1.82, 2.24) is 4.57 Å². The maximum atomic E-state index is 11.9. The second kappa shape index (κ2) is 4.74. The number of rotatable bonds is 3. The number of ether oxygens (including phenoxy) is 3. The maximum absolute atomic E-state index is 11.9. The summed E-state index contributed by atoms with van der Waals surface area (Å²) in [7, 11) is 3.28. The van der Waals surface area contributed by atoms with Crippen LogP contribution < -0.4 is 4.74 Å².